The summed E-state index contributed by atoms with van der Waals surface area (Å²) in [5.74, 6) is 2.09. The summed E-state index contributed by atoms with van der Waals surface area (Å²) in [5.41, 5.74) is 1.08. The number of rotatable bonds is 5. The van der Waals surface area contributed by atoms with Gasteiger partial charge in [0.25, 0.3) is 0 Å². The third-order valence-corrected chi connectivity index (χ3v) is 6.29. The minimum Gasteiger partial charge on any atom is -0.496 e. The number of hydrogen-bond donors (Lipinski definition) is 1. The third kappa shape index (κ3) is 3.19. The third-order valence-electron chi connectivity index (χ3n) is 6.29. The predicted octanol–water partition coefficient (Wildman–Crippen LogP) is 3.22. The van der Waals surface area contributed by atoms with Crippen LogP contribution in [0.4, 0.5) is 0 Å². The Hall–Kier alpha value is -2.11. The molecule has 0 spiro atoms. The maximum atomic E-state index is 11.7. The fourth-order valence-electron chi connectivity index (χ4n) is 5.00. The van der Waals surface area contributed by atoms with Crippen LogP contribution in [-0.4, -0.2) is 42.3 Å². The first-order chi connectivity index (χ1) is 13.2. The molecule has 1 aliphatic carbocycles. The molecule has 1 N–H and O–H groups in total. The topological polar surface area (TPSA) is 54.8 Å². The van der Waals surface area contributed by atoms with Crippen LogP contribution in [0.2, 0.25) is 0 Å². The molecule has 27 heavy (non-hydrogen) atoms. The molecule has 2 atom stereocenters. The Labute approximate surface area is 160 Å². The highest BCUT2D eigenvalue weighted by molar-refractivity contribution is 5.44. The van der Waals surface area contributed by atoms with Crippen molar-refractivity contribution in [3.8, 4) is 11.5 Å². The molecule has 144 valence electrons. The van der Waals surface area contributed by atoms with Gasteiger partial charge in [0.15, 0.2) is 0 Å². The van der Waals surface area contributed by atoms with Crippen molar-refractivity contribution in [1.29, 1.82) is 0 Å². The standard InChI is InChI=1S/C22H28N2O3/c1-26-19-9-6-10-20(27-2)18(19)15-24-13-16-7-5-8-17(14-24)22(16,25)21-11-3-4-12-23-21/h3-4,6,9-12,16-17,25H,5,7-8,13-15H2,1-2H3. The molecular weight excluding hydrogens is 340 g/mol. The summed E-state index contributed by atoms with van der Waals surface area (Å²) in [6.45, 7) is 2.47. The molecule has 4 rings (SSSR count). The van der Waals surface area contributed by atoms with E-state index in [0.29, 0.717) is 0 Å². The van der Waals surface area contributed by atoms with Crippen LogP contribution < -0.4 is 9.47 Å². The summed E-state index contributed by atoms with van der Waals surface area (Å²) < 4.78 is 11.1. The smallest absolute Gasteiger partial charge is 0.127 e. The van der Waals surface area contributed by atoms with E-state index in [1.165, 1.54) is 6.42 Å². The maximum Gasteiger partial charge on any atom is 0.127 e. The quantitative estimate of drug-likeness (QED) is 0.878. The first kappa shape index (κ1) is 18.3. The van der Waals surface area contributed by atoms with Gasteiger partial charge in [-0.2, -0.15) is 0 Å². The molecule has 5 nitrogen and oxygen atoms in total. The molecular formula is C22H28N2O3. The zero-order chi connectivity index (χ0) is 18.9. The van der Waals surface area contributed by atoms with E-state index in [0.717, 1.165) is 55.2 Å². The van der Waals surface area contributed by atoms with Crippen LogP contribution in [0.1, 0.15) is 30.5 Å². The number of aromatic nitrogens is 1. The molecule has 0 amide bonds. The lowest BCUT2D eigenvalue weighted by Gasteiger charge is -2.52. The van der Waals surface area contributed by atoms with Crippen molar-refractivity contribution in [3.05, 3.63) is 53.9 Å². The van der Waals surface area contributed by atoms with Gasteiger partial charge in [0.1, 0.15) is 17.1 Å². The largest absolute Gasteiger partial charge is 0.496 e. The number of nitrogens with zero attached hydrogens (tertiary/aromatic N) is 2. The van der Waals surface area contributed by atoms with Crippen molar-refractivity contribution in [3.63, 3.8) is 0 Å². The summed E-state index contributed by atoms with van der Waals surface area (Å²) in [5, 5.41) is 11.7. The molecule has 5 heteroatoms. The SMILES string of the molecule is COc1cccc(OC)c1CN1CC2CCCC(C1)C2(O)c1ccccn1. The first-order valence-corrected chi connectivity index (χ1v) is 9.73. The lowest BCUT2D eigenvalue weighted by molar-refractivity contribution is -0.151. The highest BCUT2D eigenvalue weighted by Crippen LogP contribution is 2.49. The van der Waals surface area contributed by atoms with Crippen molar-refractivity contribution in [1.82, 2.24) is 9.88 Å². The molecule has 2 unspecified atom stereocenters. The highest BCUT2D eigenvalue weighted by atomic mass is 16.5. The van der Waals surface area contributed by atoms with Gasteiger partial charge in [0.2, 0.25) is 0 Å². The van der Waals surface area contributed by atoms with Crippen LogP contribution in [-0.2, 0) is 12.1 Å². The van der Waals surface area contributed by atoms with E-state index >= 15 is 0 Å². The van der Waals surface area contributed by atoms with Gasteiger partial charge in [-0.25, -0.2) is 0 Å². The van der Waals surface area contributed by atoms with Crippen molar-refractivity contribution < 1.29 is 14.6 Å². The highest BCUT2D eigenvalue weighted by Gasteiger charge is 2.52. The maximum absolute atomic E-state index is 11.7. The summed E-state index contributed by atoms with van der Waals surface area (Å²) in [4.78, 5) is 6.95. The van der Waals surface area contributed by atoms with Crippen LogP contribution >= 0.6 is 0 Å². The Kier molecular flexibility index (Phi) is 5.06. The predicted molar refractivity (Wildman–Crippen MR) is 104 cm³/mol. The van der Waals surface area contributed by atoms with Gasteiger partial charge < -0.3 is 14.6 Å². The number of piperidine rings is 1. The number of benzene rings is 1. The van der Waals surface area contributed by atoms with Gasteiger partial charge in [0, 0.05) is 37.7 Å². The Morgan fingerprint density at radius 1 is 1.04 bits per heavy atom. The average Bonchev–Trinajstić information content (AvgIpc) is 2.69. The van der Waals surface area contributed by atoms with E-state index < -0.39 is 5.60 Å². The summed E-state index contributed by atoms with van der Waals surface area (Å²) in [6.07, 6.45) is 5.03. The van der Waals surface area contributed by atoms with Crippen molar-refractivity contribution in [2.75, 3.05) is 27.3 Å². The number of hydrogen-bond acceptors (Lipinski definition) is 5. The molecule has 1 saturated heterocycles. The van der Waals surface area contributed by atoms with Crippen molar-refractivity contribution >= 4 is 0 Å². The molecule has 2 bridgehead atoms. The second-order valence-electron chi connectivity index (χ2n) is 7.70. The van der Waals surface area contributed by atoms with Gasteiger partial charge >= 0.3 is 0 Å². The molecule has 2 heterocycles. The second kappa shape index (κ2) is 7.49. The van der Waals surface area contributed by atoms with Gasteiger partial charge in [-0.15, -0.1) is 0 Å². The van der Waals surface area contributed by atoms with E-state index in [-0.39, 0.29) is 11.8 Å². The number of aliphatic hydroxyl groups is 1. The Balaban J connectivity index is 1.60. The molecule has 1 aromatic carbocycles. The fourth-order valence-corrected chi connectivity index (χ4v) is 5.00. The van der Waals surface area contributed by atoms with E-state index in [2.05, 4.69) is 9.88 Å². The lowest BCUT2D eigenvalue weighted by atomic mass is 9.64. The first-order valence-electron chi connectivity index (χ1n) is 9.73. The van der Waals surface area contributed by atoms with Crippen LogP contribution in [0.5, 0.6) is 11.5 Å². The minimum atomic E-state index is -0.819. The number of fused-ring (bicyclic) bond motifs is 2. The second-order valence-corrected chi connectivity index (χ2v) is 7.70. The number of methoxy groups -OCH3 is 2. The van der Waals surface area contributed by atoms with Gasteiger partial charge in [-0.1, -0.05) is 18.6 Å². The van der Waals surface area contributed by atoms with Crippen LogP contribution in [0.15, 0.2) is 42.6 Å². The fraction of sp³-hybridized carbons (Fsp3) is 0.500. The monoisotopic (exact) mass is 368 g/mol. The van der Waals surface area contributed by atoms with Crippen LogP contribution in [0.25, 0.3) is 0 Å². The Morgan fingerprint density at radius 3 is 2.26 bits per heavy atom. The number of pyridine rings is 1. The van der Waals surface area contributed by atoms with Gasteiger partial charge in [-0.05, 0) is 37.1 Å². The summed E-state index contributed by atoms with van der Waals surface area (Å²) >= 11 is 0. The minimum absolute atomic E-state index is 0.195. The lowest BCUT2D eigenvalue weighted by Crippen LogP contribution is -2.58. The van der Waals surface area contributed by atoms with E-state index in [1.54, 1.807) is 20.4 Å². The van der Waals surface area contributed by atoms with Gasteiger partial charge in [-0.3, -0.25) is 9.88 Å². The van der Waals surface area contributed by atoms with Gasteiger partial charge in [0.05, 0.1) is 25.5 Å². The molecule has 1 aliphatic heterocycles. The van der Waals surface area contributed by atoms with Crippen molar-refractivity contribution in [2.24, 2.45) is 11.8 Å². The summed E-state index contributed by atoms with van der Waals surface area (Å²) in [7, 11) is 3.39. The van der Waals surface area contributed by atoms with Crippen LogP contribution in [0.3, 0.4) is 0 Å². The van der Waals surface area contributed by atoms with Crippen molar-refractivity contribution in [2.45, 2.75) is 31.4 Å². The van der Waals surface area contributed by atoms with E-state index in [4.69, 9.17) is 9.47 Å². The molecule has 2 fully saturated rings. The average molecular weight is 368 g/mol. The molecule has 2 aromatic rings. The molecule has 1 aromatic heterocycles. The zero-order valence-corrected chi connectivity index (χ0v) is 16.1. The number of ether oxygens (including phenoxy) is 2. The molecule has 0 radical (unpaired) electrons. The summed E-state index contributed by atoms with van der Waals surface area (Å²) in [6, 6.07) is 11.8. The normalized spacial score (nSPS) is 28.0. The zero-order valence-electron chi connectivity index (χ0n) is 16.1. The van der Waals surface area contributed by atoms with Crippen LogP contribution in [0, 0.1) is 11.8 Å². The molecule has 2 aliphatic rings. The number of likely N-dealkylation sites (tertiary alicyclic amines) is 1. The Bertz CT molecular complexity index is 744. The molecule has 1 saturated carbocycles. The Morgan fingerprint density at radius 2 is 1.70 bits per heavy atom. The van der Waals surface area contributed by atoms with E-state index in [1.807, 2.05) is 36.4 Å². The van der Waals surface area contributed by atoms with E-state index in [9.17, 15) is 5.11 Å².